The molecule has 1 N–H and O–H groups in total. The molecule has 0 spiro atoms. The van der Waals surface area contributed by atoms with Gasteiger partial charge in [-0.1, -0.05) is 13.8 Å². The van der Waals surface area contributed by atoms with Crippen LogP contribution >= 0.6 is 0 Å². The Hall–Kier alpha value is -0.570. The lowest BCUT2D eigenvalue weighted by atomic mass is 9.87. The van der Waals surface area contributed by atoms with Crippen molar-refractivity contribution >= 4 is 5.97 Å². The fourth-order valence-corrected chi connectivity index (χ4v) is 2.71. The van der Waals surface area contributed by atoms with E-state index >= 15 is 0 Å². The van der Waals surface area contributed by atoms with Gasteiger partial charge >= 0.3 is 5.97 Å². The van der Waals surface area contributed by atoms with Crippen molar-refractivity contribution in [1.29, 1.82) is 0 Å². The molecule has 0 radical (unpaired) electrons. The summed E-state index contributed by atoms with van der Waals surface area (Å²) in [7, 11) is 0. The lowest BCUT2D eigenvalue weighted by Crippen LogP contribution is -2.37. The van der Waals surface area contributed by atoms with Gasteiger partial charge < -0.3 is 10.0 Å². The van der Waals surface area contributed by atoms with Gasteiger partial charge in [-0.25, -0.2) is 0 Å². The van der Waals surface area contributed by atoms with Crippen LogP contribution in [0, 0.1) is 11.8 Å². The summed E-state index contributed by atoms with van der Waals surface area (Å²) in [6.45, 7) is 7.66. The minimum atomic E-state index is -0.616. The second kappa shape index (κ2) is 6.89. The maximum Gasteiger partial charge on any atom is 0.306 e. The van der Waals surface area contributed by atoms with Gasteiger partial charge in [0.25, 0.3) is 0 Å². The third-order valence-electron chi connectivity index (χ3n) is 3.60. The number of carboxylic acids is 1. The Kier molecular flexibility index (Phi) is 5.81. The summed E-state index contributed by atoms with van der Waals surface area (Å²) in [4.78, 5) is 13.5. The Balaban J connectivity index is 2.38. The van der Waals surface area contributed by atoms with Gasteiger partial charge in [0.1, 0.15) is 0 Å². The zero-order valence-corrected chi connectivity index (χ0v) is 10.6. The highest BCUT2D eigenvalue weighted by Gasteiger charge is 2.25. The maximum absolute atomic E-state index is 11.0. The fourth-order valence-electron chi connectivity index (χ4n) is 2.71. The van der Waals surface area contributed by atoms with Crippen molar-refractivity contribution in [2.24, 2.45) is 11.8 Å². The topological polar surface area (TPSA) is 40.5 Å². The molecule has 1 heterocycles. The first-order valence-electron chi connectivity index (χ1n) is 6.62. The minimum Gasteiger partial charge on any atom is -0.481 e. The summed E-state index contributed by atoms with van der Waals surface area (Å²) < 4.78 is 0. The number of rotatable bonds is 6. The first-order chi connectivity index (χ1) is 7.67. The van der Waals surface area contributed by atoms with E-state index in [0.717, 1.165) is 19.4 Å². The normalized spacial score (nSPS) is 24.2. The summed E-state index contributed by atoms with van der Waals surface area (Å²) in [6, 6.07) is 0. The smallest absolute Gasteiger partial charge is 0.306 e. The molecule has 0 aromatic carbocycles. The monoisotopic (exact) mass is 227 g/mol. The first kappa shape index (κ1) is 13.5. The van der Waals surface area contributed by atoms with Crippen molar-refractivity contribution in [3.63, 3.8) is 0 Å². The van der Waals surface area contributed by atoms with Crippen molar-refractivity contribution in [2.45, 2.75) is 46.0 Å². The molecule has 1 rings (SSSR count). The van der Waals surface area contributed by atoms with E-state index < -0.39 is 5.97 Å². The van der Waals surface area contributed by atoms with E-state index in [9.17, 15) is 4.79 Å². The van der Waals surface area contributed by atoms with E-state index in [4.69, 9.17) is 5.11 Å². The van der Waals surface area contributed by atoms with E-state index in [1.54, 1.807) is 0 Å². The van der Waals surface area contributed by atoms with Crippen molar-refractivity contribution in [2.75, 3.05) is 19.6 Å². The molecule has 1 fully saturated rings. The van der Waals surface area contributed by atoms with E-state index in [1.807, 2.05) is 6.92 Å². The van der Waals surface area contributed by atoms with Crippen molar-refractivity contribution in [3.8, 4) is 0 Å². The molecule has 3 nitrogen and oxygen atoms in total. The standard InChI is InChI=1S/C13H25NO2/c1-3-7-14-8-5-6-11(10-14)9-12(4-2)13(15)16/h11-12H,3-10H2,1-2H3,(H,15,16). The number of carboxylic acid groups (broad SMARTS) is 1. The summed E-state index contributed by atoms with van der Waals surface area (Å²) in [6.07, 6.45) is 5.28. The molecule has 0 aromatic heterocycles. The Morgan fingerprint density at radius 1 is 1.50 bits per heavy atom. The fraction of sp³-hybridized carbons (Fsp3) is 0.923. The third-order valence-corrected chi connectivity index (χ3v) is 3.60. The number of likely N-dealkylation sites (tertiary alicyclic amines) is 1. The van der Waals surface area contributed by atoms with Gasteiger partial charge in [0.2, 0.25) is 0 Å². The molecule has 94 valence electrons. The number of aliphatic carboxylic acids is 1. The number of hydrogen-bond acceptors (Lipinski definition) is 2. The highest BCUT2D eigenvalue weighted by molar-refractivity contribution is 5.69. The van der Waals surface area contributed by atoms with Gasteiger partial charge in [0, 0.05) is 6.54 Å². The second-order valence-electron chi connectivity index (χ2n) is 4.99. The highest BCUT2D eigenvalue weighted by Crippen LogP contribution is 2.25. The Labute approximate surface area is 98.8 Å². The first-order valence-corrected chi connectivity index (χ1v) is 6.62. The predicted molar refractivity (Wildman–Crippen MR) is 65.5 cm³/mol. The summed E-state index contributed by atoms with van der Waals surface area (Å²) in [5.41, 5.74) is 0. The Bertz CT molecular complexity index is 216. The third kappa shape index (κ3) is 4.12. The average Bonchev–Trinajstić information content (AvgIpc) is 2.26. The van der Waals surface area contributed by atoms with Crippen LogP contribution in [-0.4, -0.2) is 35.6 Å². The summed E-state index contributed by atoms with van der Waals surface area (Å²) in [5, 5.41) is 9.06. The van der Waals surface area contributed by atoms with E-state index in [2.05, 4.69) is 11.8 Å². The largest absolute Gasteiger partial charge is 0.481 e. The lowest BCUT2D eigenvalue weighted by Gasteiger charge is -2.33. The molecule has 3 heteroatoms. The summed E-state index contributed by atoms with van der Waals surface area (Å²) in [5.74, 6) is -0.150. The molecule has 0 amide bonds. The predicted octanol–water partition coefficient (Wildman–Crippen LogP) is 2.61. The van der Waals surface area contributed by atoms with Crippen molar-refractivity contribution in [1.82, 2.24) is 4.90 Å². The quantitative estimate of drug-likeness (QED) is 0.758. The molecule has 2 unspecified atom stereocenters. The van der Waals surface area contributed by atoms with E-state index in [0.29, 0.717) is 5.92 Å². The van der Waals surface area contributed by atoms with E-state index in [1.165, 1.54) is 32.4 Å². The number of piperidine rings is 1. The molecule has 1 aliphatic heterocycles. The molecule has 1 saturated heterocycles. The minimum absolute atomic E-state index is 0.133. The number of carbonyl (C=O) groups is 1. The van der Waals surface area contributed by atoms with Crippen LogP contribution < -0.4 is 0 Å². The molecule has 0 aliphatic carbocycles. The van der Waals surface area contributed by atoms with Gasteiger partial charge in [-0.3, -0.25) is 4.79 Å². The van der Waals surface area contributed by atoms with Crippen LogP contribution in [0.4, 0.5) is 0 Å². The highest BCUT2D eigenvalue weighted by atomic mass is 16.4. The van der Waals surface area contributed by atoms with Crippen molar-refractivity contribution < 1.29 is 9.90 Å². The van der Waals surface area contributed by atoms with Gasteiger partial charge in [-0.05, 0) is 51.1 Å². The molecular weight excluding hydrogens is 202 g/mol. The summed E-state index contributed by atoms with van der Waals surface area (Å²) >= 11 is 0. The molecule has 1 aliphatic rings. The van der Waals surface area contributed by atoms with Gasteiger partial charge in [-0.15, -0.1) is 0 Å². The molecule has 2 atom stereocenters. The number of hydrogen-bond donors (Lipinski definition) is 1. The maximum atomic E-state index is 11.0. The Morgan fingerprint density at radius 3 is 2.81 bits per heavy atom. The van der Waals surface area contributed by atoms with Crippen LogP contribution in [0.15, 0.2) is 0 Å². The van der Waals surface area contributed by atoms with Crippen LogP contribution in [-0.2, 0) is 4.79 Å². The zero-order valence-electron chi connectivity index (χ0n) is 10.6. The van der Waals surface area contributed by atoms with Gasteiger partial charge in [0.15, 0.2) is 0 Å². The van der Waals surface area contributed by atoms with Crippen LogP contribution in [0.2, 0.25) is 0 Å². The number of nitrogens with zero attached hydrogens (tertiary/aromatic N) is 1. The van der Waals surface area contributed by atoms with Crippen LogP contribution in [0.25, 0.3) is 0 Å². The van der Waals surface area contributed by atoms with Crippen LogP contribution in [0.5, 0.6) is 0 Å². The van der Waals surface area contributed by atoms with Crippen LogP contribution in [0.1, 0.15) is 46.0 Å². The Morgan fingerprint density at radius 2 is 2.25 bits per heavy atom. The van der Waals surface area contributed by atoms with Gasteiger partial charge in [0.05, 0.1) is 5.92 Å². The molecule has 0 saturated carbocycles. The van der Waals surface area contributed by atoms with E-state index in [-0.39, 0.29) is 5.92 Å². The van der Waals surface area contributed by atoms with Crippen LogP contribution in [0.3, 0.4) is 0 Å². The second-order valence-corrected chi connectivity index (χ2v) is 4.99. The van der Waals surface area contributed by atoms with Gasteiger partial charge in [-0.2, -0.15) is 0 Å². The molecule has 16 heavy (non-hydrogen) atoms. The molecule has 0 aromatic rings. The lowest BCUT2D eigenvalue weighted by molar-refractivity contribution is -0.142. The zero-order chi connectivity index (χ0) is 12.0. The van der Waals surface area contributed by atoms with Crippen molar-refractivity contribution in [3.05, 3.63) is 0 Å². The average molecular weight is 227 g/mol. The molecular formula is C13H25NO2. The SMILES string of the molecule is CCCN1CCCC(CC(CC)C(=O)O)C1. The molecule has 0 bridgehead atoms.